The molecule has 0 fully saturated rings. The molecule has 0 spiro atoms. The van der Waals surface area contributed by atoms with E-state index in [0.717, 1.165) is 11.1 Å². The molecule has 0 saturated carbocycles. The topological polar surface area (TPSA) is 106 Å². The lowest BCUT2D eigenvalue weighted by Crippen LogP contribution is -2.45. The van der Waals surface area contributed by atoms with Gasteiger partial charge >= 0.3 is 11.6 Å². The molecule has 144 valence electrons. The predicted molar refractivity (Wildman–Crippen MR) is 102 cm³/mol. The molecule has 0 unspecified atom stereocenters. The first-order chi connectivity index (χ1) is 13.4. The highest BCUT2D eigenvalue weighted by Crippen LogP contribution is 2.15. The smallest absolute Gasteiger partial charge is 0.349 e. The van der Waals surface area contributed by atoms with Gasteiger partial charge in [0, 0.05) is 5.39 Å². The van der Waals surface area contributed by atoms with Crippen molar-refractivity contribution in [2.45, 2.75) is 19.6 Å². The number of carbonyl (C=O) groups excluding carboxylic acids is 1. The Balaban J connectivity index is 1.71. The highest BCUT2D eigenvalue weighted by molar-refractivity contribution is 5.98. The largest absolute Gasteiger partial charge is 0.480 e. The van der Waals surface area contributed by atoms with Gasteiger partial charge in [0.2, 0.25) is 0 Å². The number of carboxylic acids is 1. The molecule has 1 aromatic heterocycles. The van der Waals surface area contributed by atoms with Gasteiger partial charge in [0.15, 0.2) is 6.04 Å². The molecule has 2 aromatic carbocycles. The van der Waals surface area contributed by atoms with Gasteiger partial charge in [0.05, 0.1) is 13.2 Å². The summed E-state index contributed by atoms with van der Waals surface area (Å²) < 4.78 is 10.6. The predicted octanol–water partition coefficient (Wildman–Crippen LogP) is 2.50. The van der Waals surface area contributed by atoms with Crippen LogP contribution in [-0.2, 0) is 16.1 Å². The summed E-state index contributed by atoms with van der Waals surface area (Å²) >= 11 is 0. The average molecular weight is 381 g/mol. The van der Waals surface area contributed by atoms with Gasteiger partial charge in [0.25, 0.3) is 5.91 Å². The highest BCUT2D eigenvalue weighted by atomic mass is 16.5. The number of amides is 1. The normalized spacial score (nSPS) is 11.9. The molecule has 3 rings (SSSR count). The van der Waals surface area contributed by atoms with Crippen molar-refractivity contribution in [1.82, 2.24) is 5.32 Å². The van der Waals surface area contributed by atoms with E-state index in [4.69, 9.17) is 9.15 Å². The number of fused-ring (bicyclic) bond motifs is 1. The molecule has 1 amide bonds. The van der Waals surface area contributed by atoms with Gasteiger partial charge < -0.3 is 19.6 Å². The molecule has 0 radical (unpaired) electrons. The number of carbonyl (C=O) groups is 2. The lowest BCUT2D eigenvalue weighted by atomic mass is 10.1. The number of aliphatic carboxylic acids is 1. The summed E-state index contributed by atoms with van der Waals surface area (Å²) in [6.07, 6.45) is 0. The van der Waals surface area contributed by atoms with E-state index in [1.54, 1.807) is 18.2 Å². The molecular weight excluding hydrogens is 362 g/mol. The number of nitrogens with one attached hydrogen (secondary N) is 1. The molecule has 2 N–H and O–H groups in total. The Hall–Kier alpha value is -3.45. The number of carboxylic acid groups (broad SMARTS) is 1. The maximum atomic E-state index is 12.5. The van der Waals surface area contributed by atoms with Crippen LogP contribution in [-0.4, -0.2) is 29.6 Å². The van der Waals surface area contributed by atoms with Crippen LogP contribution in [0.5, 0.6) is 0 Å². The molecule has 1 heterocycles. The van der Waals surface area contributed by atoms with Gasteiger partial charge in [0.1, 0.15) is 11.1 Å². The first kappa shape index (κ1) is 19.3. The third kappa shape index (κ3) is 4.63. The van der Waals surface area contributed by atoms with Crippen LogP contribution in [0.25, 0.3) is 11.0 Å². The Kier molecular flexibility index (Phi) is 5.86. The molecule has 3 aromatic rings. The van der Waals surface area contributed by atoms with Crippen molar-refractivity contribution in [3.8, 4) is 0 Å². The summed E-state index contributed by atoms with van der Waals surface area (Å²) in [6, 6.07) is 14.5. The summed E-state index contributed by atoms with van der Waals surface area (Å²) in [5.41, 5.74) is 1.08. The molecule has 0 saturated heterocycles. The summed E-state index contributed by atoms with van der Waals surface area (Å²) in [4.78, 5) is 36.0. The van der Waals surface area contributed by atoms with E-state index in [0.29, 0.717) is 11.0 Å². The number of hydrogen-bond acceptors (Lipinski definition) is 5. The van der Waals surface area contributed by atoms with Crippen molar-refractivity contribution < 1.29 is 23.8 Å². The van der Waals surface area contributed by atoms with Crippen molar-refractivity contribution in [2.24, 2.45) is 0 Å². The molecule has 28 heavy (non-hydrogen) atoms. The van der Waals surface area contributed by atoms with Crippen molar-refractivity contribution in [2.75, 3.05) is 6.61 Å². The minimum Gasteiger partial charge on any atom is -0.480 e. The third-order valence-corrected chi connectivity index (χ3v) is 4.13. The van der Waals surface area contributed by atoms with Gasteiger partial charge in [-0.25, -0.2) is 9.59 Å². The van der Waals surface area contributed by atoms with Crippen LogP contribution >= 0.6 is 0 Å². The molecule has 0 aliphatic heterocycles. The Morgan fingerprint density at radius 3 is 2.61 bits per heavy atom. The molecule has 0 bridgehead atoms. The van der Waals surface area contributed by atoms with Gasteiger partial charge in [-0.15, -0.1) is 0 Å². The van der Waals surface area contributed by atoms with Crippen LogP contribution in [0.2, 0.25) is 0 Å². The van der Waals surface area contributed by atoms with Crippen LogP contribution < -0.4 is 10.9 Å². The summed E-state index contributed by atoms with van der Waals surface area (Å²) in [6.45, 7) is 1.83. The van der Waals surface area contributed by atoms with Crippen molar-refractivity contribution in [3.63, 3.8) is 0 Å². The maximum absolute atomic E-state index is 12.5. The second kappa shape index (κ2) is 8.49. The minimum absolute atomic E-state index is 0.206. The fourth-order valence-corrected chi connectivity index (χ4v) is 2.68. The Morgan fingerprint density at radius 2 is 1.89 bits per heavy atom. The van der Waals surface area contributed by atoms with Crippen LogP contribution in [0.3, 0.4) is 0 Å². The summed E-state index contributed by atoms with van der Waals surface area (Å²) in [7, 11) is 0. The zero-order valence-corrected chi connectivity index (χ0v) is 15.2. The molecule has 1 atom stereocenters. The van der Waals surface area contributed by atoms with E-state index >= 15 is 0 Å². The number of aryl methyl sites for hydroxylation is 1. The quantitative estimate of drug-likeness (QED) is 0.609. The fraction of sp³-hybridized carbons (Fsp3) is 0.190. The molecule has 0 aliphatic carbocycles. The molecule has 7 nitrogen and oxygen atoms in total. The Bertz CT molecular complexity index is 1060. The van der Waals surface area contributed by atoms with Crippen molar-refractivity contribution in [3.05, 3.63) is 81.7 Å². The maximum Gasteiger partial charge on any atom is 0.349 e. The molecule has 0 aliphatic rings. The summed E-state index contributed by atoms with van der Waals surface area (Å²) in [5.74, 6) is -2.09. The third-order valence-electron chi connectivity index (χ3n) is 4.13. The number of rotatable bonds is 7. The van der Waals surface area contributed by atoms with E-state index in [1.807, 2.05) is 37.3 Å². The number of benzene rings is 2. The second-order valence-corrected chi connectivity index (χ2v) is 6.35. The van der Waals surface area contributed by atoms with Crippen LogP contribution in [0.15, 0.2) is 63.8 Å². The van der Waals surface area contributed by atoms with E-state index < -0.39 is 23.5 Å². The van der Waals surface area contributed by atoms with Gasteiger partial charge in [-0.1, -0.05) is 42.0 Å². The molecule has 7 heteroatoms. The lowest BCUT2D eigenvalue weighted by Gasteiger charge is -2.14. The highest BCUT2D eigenvalue weighted by Gasteiger charge is 2.23. The first-order valence-electron chi connectivity index (χ1n) is 8.64. The van der Waals surface area contributed by atoms with E-state index in [1.165, 1.54) is 6.07 Å². The van der Waals surface area contributed by atoms with Gasteiger partial charge in [-0.2, -0.15) is 0 Å². The monoisotopic (exact) mass is 381 g/mol. The molecular formula is C21H19NO6. The van der Waals surface area contributed by atoms with Crippen LogP contribution in [0.4, 0.5) is 0 Å². The Labute approximate surface area is 160 Å². The number of hydrogen-bond donors (Lipinski definition) is 2. The lowest BCUT2D eigenvalue weighted by molar-refractivity contribution is -0.141. The average Bonchev–Trinajstić information content (AvgIpc) is 2.67. The van der Waals surface area contributed by atoms with E-state index in [2.05, 4.69) is 5.32 Å². The van der Waals surface area contributed by atoms with Crippen LogP contribution in [0, 0.1) is 6.92 Å². The van der Waals surface area contributed by atoms with Crippen LogP contribution in [0.1, 0.15) is 21.5 Å². The van der Waals surface area contributed by atoms with Gasteiger partial charge in [-0.05, 0) is 30.7 Å². The standard InChI is InChI=1S/C21H19NO6/c1-13-7-8-18-15(9-13)10-16(21(26)28-18)19(23)22-17(20(24)25)12-27-11-14-5-3-2-4-6-14/h2-10,17H,11-12H2,1H3,(H,22,23)(H,24,25)/t17-/m0/s1. The van der Waals surface area contributed by atoms with Crippen molar-refractivity contribution in [1.29, 1.82) is 0 Å². The first-order valence-corrected chi connectivity index (χ1v) is 8.64. The van der Waals surface area contributed by atoms with Gasteiger partial charge in [-0.3, -0.25) is 4.79 Å². The minimum atomic E-state index is -1.30. The second-order valence-electron chi connectivity index (χ2n) is 6.35. The summed E-state index contributed by atoms with van der Waals surface area (Å²) in [5, 5.41) is 12.2. The zero-order chi connectivity index (χ0) is 20.1. The zero-order valence-electron chi connectivity index (χ0n) is 15.2. The fourth-order valence-electron chi connectivity index (χ4n) is 2.68. The van der Waals surface area contributed by atoms with E-state index in [9.17, 15) is 19.5 Å². The Morgan fingerprint density at radius 1 is 1.14 bits per heavy atom. The van der Waals surface area contributed by atoms with Crippen molar-refractivity contribution >= 4 is 22.8 Å². The van der Waals surface area contributed by atoms with E-state index in [-0.39, 0.29) is 18.8 Å². The SMILES string of the molecule is Cc1ccc2oc(=O)c(C(=O)N[C@@H](COCc3ccccc3)C(=O)O)cc2c1. The number of ether oxygens (including phenoxy) is 1.